The lowest BCUT2D eigenvalue weighted by Crippen LogP contribution is -2.33. The van der Waals surface area contributed by atoms with E-state index >= 15 is 0 Å². The van der Waals surface area contributed by atoms with Crippen molar-refractivity contribution in [2.24, 2.45) is 0 Å². The van der Waals surface area contributed by atoms with Crippen molar-refractivity contribution < 1.29 is 14.7 Å². The lowest BCUT2D eigenvalue weighted by atomic mass is 10.0. The fraction of sp³-hybridized carbons (Fsp3) is 0.263. The van der Waals surface area contributed by atoms with Crippen LogP contribution in [-0.4, -0.2) is 17.0 Å². The summed E-state index contributed by atoms with van der Waals surface area (Å²) in [5, 5.41) is 11.9. The minimum atomic E-state index is -1.05. The lowest BCUT2D eigenvalue weighted by molar-refractivity contribution is -0.142. The first kappa shape index (κ1) is 16.7. The van der Waals surface area contributed by atoms with E-state index in [1.165, 1.54) is 11.1 Å². The number of benzene rings is 2. The fourth-order valence-electron chi connectivity index (χ4n) is 2.37. The first-order valence-corrected chi connectivity index (χ1v) is 7.69. The van der Waals surface area contributed by atoms with E-state index in [2.05, 4.69) is 17.4 Å². The number of hydrogen-bond acceptors (Lipinski definition) is 2. The molecular weight excluding hydrogens is 290 g/mol. The van der Waals surface area contributed by atoms with Crippen molar-refractivity contribution in [1.82, 2.24) is 5.32 Å². The van der Waals surface area contributed by atoms with Crippen molar-refractivity contribution in [3.63, 3.8) is 0 Å². The van der Waals surface area contributed by atoms with Crippen molar-refractivity contribution in [2.45, 2.75) is 32.2 Å². The summed E-state index contributed by atoms with van der Waals surface area (Å²) in [6.45, 7) is 2.03. The molecule has 0 aromatic heterocycles. The molecule has 2 aromatic carbocycles. The van der Waals surface area contributed by atoms with Gasteiger partial charge < -0.3 is 10.4 Å². The van der Waals surface area contributed by atoms with Crippen LogP contribution in [0.3, 0.4) is 0 Å². The highest BCUT2D eigenvalue weighted by Gasteiger charge is 2.21. The van der Waals surface area contributed by atoms with Gasteiger partial charge >= 0.3 is 5.97 Å². The number of rotatable bonds is 7. The quantitative estimate of drug-likeness (QED) is 0.825. The molecule has 0 spiro atoms. The monoisotopic (exact) mass is 311 g/mol. The third kappa shape index (κ3) is 5.25. The summed E-state index contributed by atoms with van der Waals surface area (Å²) in [7, 11) is 0. The Kier molecular flexibility index (Phi) is 5.92. The van der Waals surface area contributed by atoms with Gasteiger partial charge in [-0.2, -0.15) is 0 Å². The molecule has 0 radical (unpaired) electrons. The highest BCUT2D eigenvalue weighted by Crippen LogP contribution is 2.13. The lowest BCUT2D eigenvalue weighted by Gasteiger charge is -2.14. The zero-order chi connectivity index (χ0) is 16.7. The van der Waals surface area contributed by atoms with Gasteiger partial charge in [0.1, 0.15) is 0 Å². The number of aryl methyl sites for hydroxylation is 2. The number of carbonyl (C=O) groups excluding carboxylic acids is 1. The predicted molar refractivity (Wildman–Crippen MR) is 89.1 cm³/mol. The zero-order valence-corrected chi connectivity index (χ0v) is 13.2. The summed E-state index contributed by atoms with van der Waals surface area (Å²) in [4.78, 5) is 23.3. The van der Waals surface area contributed by atoms with Crippen LogP contribution in [-0.2, 0) is 16.0 Å². The second-order valence-electron chi connectivity index (χ2n) is 5.59. The van der Waals surface area contributed by atoms with Crippen molar-refractivity contribution >= 4 is 11.9 Å². The summed E-state index contributed by atoms with van der Waals surface area (Å²) < 4.78 is 0. The van der Waals surface area contributed by atoms with E-state index in [4.69, 9.17) is 0 Å². The smallest absolute Gasteiger partial charge is 0.330 e. The molecule has 4 nitrogen and oxygen atoms in total. The van der Waals surface area contributed by atoms with E-state index in [9.17, 15) is 14.7 Å². The van der Waals surface area contributed by atoms with E-state index in [1.807, 2.05) is 25.1 Å². The van der Waals surface area contributed by atoms with Gasteiger partial charge in [0.25, 0.3) is 0 Å². The van der Waals surface area contributed by atoms with Crippen molar-refractivity contribution in [2.75, 3.05) is 0 Å². The highest BCUT2D eigenvalue weighted by atomic mass is 16.4. The molecule has 2 N–H and O–H groups in total. The average molecular weight is 311 g/mol. The van der Waals surface area contributed by atoms with Crippen LogP contribution in [0.2, 0.25) is 0 Å². The Hall–Kier alpha value is -2.62. The van der Waals surface area contributed by atoms with Gasteiger partial charge in [0, 0.05) is 6.42 Å². The zero-order valence-electron chi connectivity index (χ0n) is 13.2. The average Bonchev–Trinajstić information content (AvgIpc) is 2.55. The predicted octanol–water partition coefficient (Wildman–Crippen LogP) is 3.26. The van der Waals surface area contributed by atoms with Crippen LogP contribution in [0, 0.1) is 6.92 Å². The van der Waals surface area contributed by atoms with Crippen molar-refractivity contribution in [1.29, 1.82) is 0 Å². The van der Waals surface area contributed by atoms with Gasteiger partial charge in [0.15, 0.2) is 6.04 Å². The Morgan fingerprint density at radius 3 is 2.30 bits per heavy atom. The number of aliphatic carboxylic acids is 1. The molecule has 0 heterocycles. The summed E-state index contributed by atoms with van der Waals surface area (Å²) in [5.41, 5.74) is 2.96. The first-order chi connectivity index (χ1) is 11.1. The van der Waals surface area contributed by atoms with Gasteiger partial charge in [-0.25, -0.2) is 4.79 Å². The molecule has 120 valence electrons. The van der Waals surface area contributed by atoms with Gasteiger partial charge in [0.2, 0.25) is 5.91 Å². The number of hydrogen-bond donors (Lipinski definition) is 2. The molecule has 1 atom stereocenters. The normalized spacial score (nSPS) is 11.7. The molecule has 0 aliphatic rings. The van der Waals surface area contributed by atoms with Crippen LogP contribution in [0.15, 0.2) is 54.6 Å². The van der Waals surface area contributed by atoms with E-state index in [0.717, 1.165) is 6.42 Å². The minimum absolute atomic E-state index is 0.242. The standard InChI is InChI=1S/C19H21NO3/c1-14-10-12-15(13-11-14)6-5-9-17(21)20-18(19(22)23)16-7-3-2-4-8-16/h2-4,7-8,10-13,18H,5-6,9H2,1H3,(H,20,21)(H,22,23)/t18-/m1/s1. The molecule has 2 rings (SSSR count). The van der Waals surface area contributed by atoms with Gasteiger partial charge in [0.05, 0.1) is 0 Å². The number of carboxylic acid groups (broad SMARTS) is 1. The van der Waals surface area contributed by atoms with Gasteiger partial charge in [-0.15, -0.1) is 0 Å². The Morgan fingerprint density at radius 2 is 1.70 bits per heavy atom. The van der Waals surface area contributed by atoms with E-state index in [1.54, 1.807) is 24.3 Å². The molecule has 4 heteroatoms. The number of amides is 1. The van der Waals surface area contributed by atoms with Gasteiger partial charge in [-0.3, -0.25) is 4.79 Å². The molecule has 0 aliphatic heterocycles. The van der Waals surface area contributed by atoms with Crippen LogP contribution < -0.4 is 5.32 Å². The molecule has 0 saturated heterocycles. The van der Waals surface area contributed by atoms with Crippen LogP contribution in [0.25, 0.3) is 0 Å². The summed E-state index contributed by atoms with van der Waals surface area (Å²) in [5.74, 6) is -1.29. The molecule has 0 fully saturated rings. The van der Waals surface area contributed by atoms with Crippen LogP contribution in [0.5, 0.6) is 0 Å². The molecule has 1 amide bonds. The van der Waals surface area contributed by atoms with E-state index in [0.29, 0.717) is 18.4 Å². The van der Waals surface area contributed by atoms with E-state index < -0.39 is 12.0 Å². The first-order valence-electron chi connectivity index (χ1n) is 7.69. The Morgan fingerprint density at radius 1 is 1.04 bits per heavy atom. The fourth-order valence-corrected chi connectivity index (χ4v) is 2.37. The summed E-state index contributed by atoms with van der Waals surface area (Å²) in [6.07, 6.45) is 1.80. The van der Waals surface area contributed by atoms with Gasteiger partial charge in [-0.05, 0) is 30.9 Å². The SMILES string of the molecule is Cc1ccc(CCCC(=O)N[C@@H](C(=O)O)c2ccccc2)cc1. The second kappa shape index (κ2) is 8.13. The molecule has 0 unspecified atom stereocenters. The number of nitrogens with one attached hydrogen (secondary N) is 1. The maximum absolute atomic E-state index is 12.0. The van der Waals surface area contributed by atoms with Crippen LogP contribution in [0.4, 0.5) is 0 Å². The largest absolute Gasteiger partial charge is 0.479 e. The Bertz CT molecular complexity index is 650. The Balaban J connectivity index is 1.85. The molecule has 0 aliphatic carbocycles. The summed E-state index contributed by atoms with van der Waals surface area (Å²) >= 11 is 0. The maximum atomic E-state index is 12.0. The molecule has 0 bridgehead atoms. The third-order valence-electron chi connectivity index (χ3n) is 3.68. The molecule has 23 heavy (non-hydrogen) atoms. The van der Waals surface area contributed by atoms with Gasteiger partial charge in [-0.1, -0.05) is 60.2 Å². The van der Waals surface area contributed by atoms with Crippen LogP contribution >= 0.6 is 0 Å². The second-order valence-corrected chi connectivity index (χ2v) is 5.59. The molecule has 0 saturated carbocycles. The Labute approximate surface area is 136 Å². The van der Waals surface area contributed by atoms with Crippen LogP contribution in [0.1, 0.15) is 35.6 Å². The maximum Gasteiger partial charge on any atom is 0.330 e. The molecule has 2 aromatic rings. The number of carboxylic acids is 1. The highest BCUT2D eigenvalue weighted by molar-refractivity contribution is 5.84. The third-order valence-corrected chi connectivity index (χ3v) is 3.68. The number of carbonyl (C=O) groups is 2. The van der Waals surface area contributed by atoms with Crippen molar-refractivity contribution in [3.8, 4) is 0 Å². The minimum Gasteiger partial charge on any atom is -0.479 e. The van der Waals surface area contributed by atoms with Crippen molar-refractivity contribution in [3.05, 3.63) is 71.3 Å². The summed E-state index contributed by atoms with van der Waals surface area (Å²) in [6, 6.07) is 15.9. The van der Waals surface area contributed by atoms with E-state index in [-0.39, 0.29) is 5.91 Å². The molecular formula is C19H21NO3. The topological polar surface area (TPSA) is 66.4 Å².